The van der Waals surface area contributed by atoms with Gasteiger partial charge in [0, 0.05) is 0 Å². The number of pyridine rings is 1. The molecule has 1 atom stereocenters. The van der Waals surface area contributed by atoms with E-state index >= 15 is 0 Å². The topological polar surface area (TPSA) is 104 Å². The Morgan fingerprint density at radius 1 is 1.26 bits per heavy atom. The van der Waals surface area contributed by atoms with Crippen LogP contribution >= 0.6 is 0 Å². The molecule has 0 radical (unpaired) electrons. The zero-order valence-electron chi connectivity index (χ0n) is 16.6. The van der Waals surface area contributed by atoms with Crippen LogP contribution in [0.3, 0.4) is 0 Å². The number of ether oxygens (including phenoxy) is 1. The van der Waals surface area contributed by atoms with Crippen LogP contribution in [0.1, 0.15) is 29.8 Å². The summed E-state index contributed by atoms with van der Waals surface area (Å²) in [4.78, 5) is 16.3. The molecule has 31 heavy (non-hydrogen) atoms. The maximum absolute atomic E-state index is 12.3. The van der Waals surface area contributed by atoms with Gasteiger partial charge >= 0.3 is 6.18 Å². The van der Waals surface area contributed by atoms with Crippen LogP contribution in [0.2, 0.25) is 0 Å². The smallest absolute Gasteiger partial charge is 0.422 e. The number of aliphatic hydroxyl groups excluding tert-OH is 1. The first-order valence-corrected chi connectivity index (χ1v) is 9.24. The highest BCUT2D eigenvalue weighted by Crippen LogP contribution is 2.20. The van der Waals surface area contributed by atoms with Gasteiger partial charge in [-0.25, -0.2) is 0 Å². The van der Waals surface area contributed by atoms with Gasteiger partial charge in [0.15, 0.2) is 6.61 Å². The first-order valence-electron chi connectivity index (χ1n) is 9.24. The first-order chi connectivity index (χ1) is 14.8. The number of hydrogen-bond acceptors (Lipinski definition) is 6. The Labute approximate surface area is 176 Å². The first kappa shape index (κ1) is 23.9. The Bertz CT molecular complexity index is 911. The number of carbonyl (C=O) groups excluding carboxylic acids is 1. The van der Waals surface area contributed by atoms with Crippen LogP contribution in [-0.4, -0.2) is 46.8 Å². The van der Waals surface area contributed by atoms with Gasteiger partial charge in [0.2, 0.25) is 5.91 Å². The molecule has 7 nitrogen and oxygen atoms in total. The average molecular weight is 437 g/mol. The van der Waals surface area contributed by atoms with Gasteiger partial charge in [-0.3, -0.25) is 9.78 Å². The number of alkyl halides is 3. The van der Waals surface area contributed by atoms with Crippen LogP contribution in [0, 0.1) is 0 Å². The van der Waals surface area contributed by atoms with Gasteiger partial charge in [0.1, 0.15) is 5.75 Å². The molecule has 0 bridgehead atoms. The number of halogens is 3. The molecule has 3 N–H and O–H groups in total. The fraction of sp³-hybridized carbons (Fsp3) is 0.286. The summed E-state index contributed by atoms with van der Waals surface area (Å²) in [7, 11) is 0. The second-order valence-corrected chi connectivity index (χ2v) is 6.49. The van der Waals surface area contributed by atoms with Crippen molar-refractivity contribution in [1.82, 2.24) is 10.3 Å². The van der Waals surface area contributed by atoms with Gasteiger partial charge in [-0.1, -0.05) is 35.5 Å². The quantitative estimate of drug-likeness (QED) is 0.317. The van der Waals surface area contributed by atoms with Crippen molar-refractivity contribution >= 4 is 17.7 Å². The van der Waals surface area contributed by atoms with E-state index in [1.165, 1.54) is 18.3 Å². The lowest BCUT2D eigenvalue weighted by Crippen LogP contribution is -2.32. The normalized spacial score (nSPS) is 13.3. The molecule has 166 valence electrons. The van der Waals surface area contributed by atoms with Crippen molar-refractivity contribution in [2.75, 3.05) is 13.2 Å². The number of aliphatic hydroxyl groups is 1. The van der Waals surface area contributed by atoms with Crippen molar-refractivity contribution in [3.8, 4) is 5.75 Å². The molecule has 0 saturated heterocycles. The average Bonchev–Trinajstić information content (AvgIpc) is 2.75. The minimum atomic E-state index is -4.46. The Morgan fingerprint density at radius 3 is 2.48 bits per heavy atom. The summed E-state index contributed by atoms with van der Waals surface area (Å²) in [6, 6.07) is 8.91. The zero-order chi connectivity index (χ0) is 22.9. The van der Waals surface area contributed by atoms with Crippen LogP contribution in [0.4, 0.5) is 13.2 Å². The predicted octanol–water partition coefficient (Wildman–Crippen LogP) is 3.28. The predicted molar refractivity (Wildman–Crippen MR) is 108 cm³/mol. The van der Waals surface area contributed by atoms with E-state index in [1.54, 1.807) is 37.3 Å². The van der Waals surface area contributed by atoms with Gasteiger partial charge in [0.05, 0.1) is 37.2 Å². The Morgan fingerprint density at radius 2 is 1.97 bits per heavy atom. The molecule has 0 saturated carbocycles. The van der Waals surface area contributed by atoms with Crippen molar-refractivity contribution in [1.29, 1.82) is 0 Å². The summed E-state index contributed by atoms with van der Waals surface area (Å²) in [6.45, 7) is -0.0721. The summed E-state index contributed by atoms with van der Waals surface area (Å²) in [5.41, 5.74) is 2.53. The van der Waals surface area contributed by atoms with Crippen LogP contribution in [-0.2, 0) is 11.2 Å². The summed E-state index contributed by atoms with van der Waals surface area (Å²) in [5.74, 6) is -0.440. The molecule has 1 amide bonds. The van der Waals surface area contributed by atoms with E-state index < -0.39 is 25.4 Å². The van der Waals surface area contributed by atoms with Crippen molar-refractivity contribution in [2.24, 2.45) is 5.16 Å². The number of hydrogen-bond donors (Lipinski definition) is 3. The van der Waals surface area contributed by atoms with Crippen LogP contribution in [0.25, 0.3) is 5.57 Å². The van der Waals surface area contributed by atoms with Gasteiger partial charge in [0.25, 0.3) is 0 Å². The highest BCUT2D eigenvalue weighted by Gasteiger charge is 2.28. The highest BCUT2D eigenvalue weighted by molar-refractivity contribution is 6.09. The third-order valence-corrected chi connectivity index (χ3v) is 4.20. The van der Waals surface area contributed by atoms with E-state index in [0.717, 1.165) is 17.3 Å². The summed E-state index contributed by atoms with van der Waals surface area (Å²) < 4.78 is 41.2. The fourth-order valence-electron chi connectivity index (χ4n) is 2.69. The van der Waals surface area contributed by atoms with E-state index in [4.69, 9.17) is 5.21 Å². The molecule has 1 unspecified atom stereocenters. The lowest BCUT2D eigenvalue weighted by atomic mass is 10.0. The van der Waals surface area contributed by atoms with Crippen molar-refractivity contribution in [3.05, 3.63) is 65.5 Å². The summed E-state index contributed by atoms with van der Waals surface area (Å²) in [5, 5.41) is 23.9. The van der Waals surface area contributed by atoms with Gasteiger partial charge in [-0.15, -0.1) is 0 Å². The molecule has 0 aliphatic rings. The number of oxime groups is 1. The molecule has 2 aromatic rings. The van der Waals surface area contributed by atoms with Gasteiger partial charge < -0.3 is 20.4 Å². The minimum absolute atomic E-state index is 0.0445. The molecule has 1 heterocycles. The maximum Gasteiger partial charge on any atom is 0.422 e. The summed E-state index contributed by atoms with van der Waals surface area (Å²) in [6.07, 6.45) is -0.231. The van der Waals surface area contributed by atoms with Crippen LogP contribution in [0.5, 0.6) is 5.75 Å². The molecule has 1 aromatic carbocycles. The number of aromatic nitrogens is 1. The standard InChI is InChI=1S/C21H22F3N3O4/c1-2-15(10-26-30)16-5-3-14(4-6-16)9-20(29)27-19(12-28)18-8-7-17(11-25-18)31-13-21(22,23)24/h2-8,10-11,19,28,30H,9,12-13H2,1H3,(H,27,29)/b15-2-,26-10-. The van der Waals surface area contributed by atoms with Crippen molar-refractivity contribution < 1.29 is 33.0 Å². The lowest BCUT2D eigenvalue weighted by Gasteiger charge is -2.16. The Kier molecular flexibility index (Phi) is 8.56. The van der Waals surface area contributed by atoms with E-state index in [-0.39, 0.29) is 23.8 Å². The van der Waals surface area contributed by atoms with Gasteiger partial charge in [-0.2, -0.15) is 13.2 Å². The molecular weight excluding hydrogens is 415 g/mol. The number of carbonyl (C=O) groups is 1. The minimum Gasteiger partial charge on any atom is -0.483 e. The number of amides is 1. The Balaban J connectivity index is 1.97. The zero-order valence-corrected chi connectivity index (χ0v) is 16.6. The number of nitrogens with one attached hydrogen (secondary N) is 1. The number of rotatable bonds is 9. The lowest BCUT2D eigenvalue weighted by molar-refractivity contribution is -0.153. The largest absolute Gasteiger partial charge is 0.483 e. The molecule has 0 aliphatic heterocycles. The van der Waals surface area contributed by atoms with Crippen LogP contribution < -0.4 is 10.1 Å². The van der Waals surface area contributed by atoms with Gasteiger partial charge in [-0.05, 0) is 35.8 Å². The third kappa shape index (κ3) is 7.74. The highest BCUT2D eigenvalue weighted by atomic mass is 19.4. The maximum atomic E-state index is 12.3. The van der Waals surface area contributed by atoms with Crippen molar-refractivity contribution in [2.45, 2.75) is 25.6 Å². The van der Waals surface area contributed by atoms with Crippen LogP contribution in [0.15, 0.2) is 53.8 Å². The molecule has 0 fully saturated rings. The Hall–Kier alpha value is -3.40. The molecule has 0 spiro atoms. The molecule has 0 aliphatic carbocycles. The second kappa shape index (κ2) is 11.1. The third-order valence-electron chi connectivity index (χ3n) is 4.20. The number of nitrogens with zero attached hydrogens (tertiary/aromatic N) is 2. The number of benzene rings is 1. The number of allylic oxidation sites excluding steroid dienone is 2. The van der Waals surface area contributed by atoms with E-state index in [9.17, 15) is 23.1 Å². The molecule has 10 heteroatoms. The van der Waals surface area contributed by atoms with Crippen molar-refractivity contribution in [3.63, 3.8) is 0 Å². The van der Waals surface area contributed by atoms with E-state index in [0.29, 0.717) is 5.57 Å². The molecule has 2 rings (SSSR count). The molecular formula is C21H22F3N3O4. The van der Waals surface area contributed by atoms with E-state index in [1.807, 2.05) is 0 Å². The SMILES string of the molecule is C/C=C(/C=N\O)c1ccc(CC(=O)NC(CO)c2ccc(OCC(F)(F)F)cn2)cc1. The van der Waals surface area contributed by atoms with E-state index in [2.05, 4.69) is 20.2 Å². The molecule has 1 aromatic heterocycles. The summed E-state index contributed by atoms with van der Waals surface area (Å²) >= 11 is 0. The fourth-order valence-corrected chi connectivity index (χ4v) is 2.69. The monoisotopic (exact) mass is 437 g/mol. The second-order valence-electron chi connectivity index (χ2n) is 6.49.